The zero-order chi connectivity index (χ0) is 15.0. The second kappa shape index (κ2) is 5.89. The van der Waals surface area contributed by atoms with E-state index < -0.39 is 10.0 Å². The zero-order valence-electron chi connectivity index (χ0n) is 10.8. The Balaban J connectivity index is 1.96. The number of rotatable bonds is 3. The quantitative estimate of drug-likeness (QED) is 0.817. The predicted molar refractivity (Wildman–Crippen MR) is 89.7 cm³/mol. The molecule has 2 N–H and O–H groups in total. The minimum absolute atomic E-state index is 0.195. The number of benzene rings is 1. The Bertz CT molecular complexity index is 770. The summed E-state index contributed by atoms with van der Waals surface area (Å²) in [6, 6.07) is 7.14. The molecule has 1 aliphatic heterocycles. The molecule has 4 nitrogen and oxygen atoms in total. The summed E-state index contributed by atoms with van der Waals surface area (Å²) in [6.07, 6.45) is 0.904. The fourth-order valence-electron chi connectivity index (χ4n) is 2.26. The van der Waals surface area contributed by atoms with E-state index in [1.165, 1.54) is 11.6 Å². The Morgan fingerprint density at radius 2 is 2.19 bits per heavy atom. The van der Waals surface area contributed by atoms with E-state index in [9.17, 15) is 8.42 Å². The number of hydrogen-bond acceptors (Lipinski definition) is 4. The van der Waals surface area contributed by atoms with E-state index in [4.69, 9.17) is 11.6 Å². The fourth-order valence-corrected chi connectivity index (χ4v) is 5.76. The van der Waals surface area contributed by atoms with E-state index in [2.05, 4.69) is 26.0 Å². The number of fused-ring (bicyclic) bond motifs is 1. The largest absolute Gasteiger partial charge is 0.312 e. The van der Waals surface area contributed by atoms with Crippen LogP contribution >= 0.6 is 38.9 Å². The maximum atomic E-state index is 12.5. The van der Waals surface area contributed by atoms with Crippen LogP contribution in [0.25, 0.3) is 0 Å². The van der Waals surface area contributed by atoms with Crippen LogP contribution in [0.5, 0.6) is 0 Å². The Hall–Kier alpha value is -0.600. The predicted octanol–water partition coefficient (Wildman–Crippen LogP) is 3.61. The van der Waals surface area contributed by atoms with Crippen LogP contribution in [0.15, 0.2) is 32.3 Å². The third-order valence-corrected chi connectivity index (χ3v) is 7.59. The van der Waals surface area contributed by atoms with Gasteiger partial charge in [0.05, 0.1) is 14.5 Å². The van der Waals surface area contributed by atoms with E-state index in [1.807, 2.05) is 12.1 Å². The van der Waals surface area contributed by atoms with Crippen molar-refractivity contribution in [2.75, 3.05) is 11.3 Å². The van der Waals surface area contributed by atoms with Gasteiger partial charge in [-0.05, 0) is 52.2 Å². The van der Waals surface area contributed by atoms with Gasteiger partial charge in [0.2, 0.25) is 0 Å². The lowest BCUT2D eigenvalue weighted by Gasteiger charge is -2.20. The number of halogens is 2. The molecule has 1 aromatic carbocycles. The summed E-state index contributed by atoms with van der Waals surface area (Å²) < 4.78 is 28.4. The first-order valence-corrected chi connectivity index (χ1v) is 9.73. The SMILES string of the molecule is O=S(=O)(Nc1cccc2c1CNCC2)c1cc(Cl)c(Br)s1. The molecule has 3 rings (SSSR count). The normalized spacial score (nSPS) is 14.8. The van der Waals surface area contributed by atoms with Crippen molar-refractivity contribution in [2.45, 2.75) is 17.2 Å². The van der Waals surface area contributed by atoms with Crippen molar-refractivity contribution in [2.24, 2.45) is 0 Å². The van der Waals surface area contributed by atoms with Crippen LogP contribution in [0.3, 0.4) is 0 Å². The highest BCUT2D eigenvalue weighted by molar-refractivity contribution is 9.11. The number of anilines is 1. The third kappa shape index (κ3) is 3.12. The molecular weight excluding hydrogens is 396 g/mol. The van der Waals surface area contributed by atoms with Crippen LogP contribution < -0.4 is 10.0 Å². The molecule has 0 spiro atoms. The molecule has 0 atom stereocenters. The molecule has 1 aromatic heterocycles. The zero-order valence-corrected chi connectivity index (χ0v) is 14.8. The van der Waals surface area contributed by atoms with Crippen molar-refractivity contribution in [1.29, 1.82) is 0 Å². The number of sulfonamides is 1. The summed E-state index contributed by atoms with van der Waals surface area (Å²) in [5.41, 5.74) is 2.81. The van der Waals surface area contributed by atoms with Gasteiger partial charge in [-0.15, -0.1) is 11.3 Å². The maximum absolute atomic E-state index is 12.5. The van der Waals surface area contributed by atoms with Gasteiger partial charge in [-0.2, -0.15) is 0 Å². The van der Waals surface area contributed by atoms with Crippen LogP contribution in [-0.4, -0.2) is 15.0 Å². The average molecular weight is 408 g/mol. The Labute approximate surface area is 140 Å². The second-order valence-corrected chi connectivity index (χ2v) is 9.35. The Kier molecular flexibility index (Phi) is 4.29. The number of hydrogen-bond donors (Lipinski definition) is 2. The van der Waals surface area contributed by atoms with Crippen molar-refractivity contribution >= 4 is 54.6 Å². The van der Waals surface area contributed by atoms with E-state index in [-0.39, 0.29) is 4.21 Å². The minimum atomic E-state index is -3.62. The lowest BCUT2D eigenvalue weighted by molar-refractivity contribution is 0.602. The van der Waals surface area contributed by atoms with Gasteiger partial charge in [0.25, 0.3) is 10.0 Å². The molecule has 0 bridgehead atoms. The van der Waals surface area contributed by atoms with E-state index in [1.54, 1.807) is 6.07 Å². The molecule has 0 fully saturated rings. The Morgan fingerprint density at radius 3 is 2.90 bits per heavy atom. The monoisotopic (exact) mass is 406 g/mol. The van der Waals surface area contributed by atoms with Gasteiger partial charge >= 0.3 is 0 Å². The molecule has 2 aromatic rings. The first kappa shape index (κ1) is 15.3. The Morgan fingerprint density at radius 1 is 1.38 bits per heavy atom. The summed E-state index contributed by atoms with van der Waals surface area (Å²) in [7, 11) is -3.62. The van der Waals surface area contributed by atoms with E-state index in [0.717, 1.165) is 29.9 Å². The number of nitrogens with one attached hydrogen (secondary N) is 2. The van der Waals surface area contributed by atoms with Crippen LogP contribution in [0.1, 0.15) is 11.1 Å². The summed E-state index contributed by atoms with van der Waals surface area (Å²) in [5, 5.41) is 3.66. The second-order valence-electron chi connectivity index (χ2n) is 4.66. The van der Waals surface area contributed by atoms with Crippen molar-refractivity contribution < 1.29 is 8.42 Å². The van der Waals surface area contributed by atoms with Crippen LogP contribution in [-0.2, 0) is 23.0 Å². The van der Waals surface area contributed by atoms with Crippen molar-refractivity contribution in [3.8, 4) is 0 Å². The number of thiophene rings is 1. The van der Waals surface area contributed by atoms with Gasteiger partial charge in [0.1, 0.15) is 4.21 Å². The van der Waals surface area contributed by atoms with Crippen LogP contribution in [0.2, 0.25) is 5.02 Å². The molecule has 0 saturated heterocycles. The first-order valence-electron chi connectivity index (χ1n) is 6.26. The topological polar surface area (TPSA) is 58.2 Å². The summed E-state index contributed by atoms with van der Waals surface area (Å²) in [5.74, 6) is 0. The van der Waals surface area contributed by atoms with Gasteiger partial charge in [-0.25, -0.2) is 8.42 Å². The van der Waals surface area contributed by atoms with Gasteiger partial charge in [-0.3, -0.25) is 4.72 Å². The molecule has 8 heteroatoms. The fraction of sp³-hybridized carbons (Fsp3) is 0.231. The molecular formula is C13H12BrClN2O2S2. The standard InChI is InChI=1S/C13H12BrClN2O2S2/c14-13-10(15)6-12(20-13)21(18,19)17-11-3-1-2-8-4-5-16-7-9(8)11/h1-3,6,16-17H,4-5,7H2. The molecule has 0 amide bonds. The van der Waals surface area contributed by atoms with Gasteiger partial charge in [0.15, 0.2) is 0 Å². The molecule has 2 heterocycles. The van der Waals surface area contributed by atoms with Crippen LogP contribution in [0, 0.1) is 0 Å². The van der Waals surface area contributed by atoms with Gasteiger partial charge < -0.3 is 5.32 Å². The minimum Gasteiger partial charge on any atom is -0.312 e. The summed E-state index contributed by atoms with van der Waals surface area (Å²) in [6.45, 7) is 1.58. The molecule has 0 aliphatic carbocycles. The summed E-state index contributed by atoms with van der Waals surface area (Å²) in [4.78, 5) is 0. The highest BCUT2D eigenvalue weighted by Crippen LogP contribution is 2.36. The van der Waals surface area contributed by atoms with Crippen molar-refractivity contribution in [1.82, 2.24) is 5.32 Å². The summed E-state index contributed by atoms with van der Waals surface area (Å²) >= 11 is 10.3. The third-order valence-electron chi connectivity index (χ3n) is 3.28. The highest BCUT2D eigenvalue weighted by Gasteiger charge is 2.21. The van der Waals surface area contributed by atoms with E-state index >= 15 is 0 Å². The van der Waals surface area contributed by atoms with Gasteiger partial charge in [-0.1, -0.05) is 23.7 Å². The molecule has 1 aliphatic rings. The van der Waals surface area contributed by atoms with Crippen molar-refractivity contribution in [3.05, 3.63) is 44.2 Å². The molecule has 0 unspecified atom stereocenters. The lowest BCUT2D eigenvalue weighted by atomic mass is 10.00. The highest BCUT2D eigenvalue weighted by atomic mass is 79.9. The van der Waals surface area contributed by atoms with E-state index in [0.29, 0.717) is 21.0 Å². The molecule has 0 saturated carbocycles. The molecule has 0 radical (unpaired) electrons. The maximum Gasteiger partial charge on any atom is 0.271 e. The average Bonchev–Trinajstić information content (AvgIpc) is 2.80. The lowest BCUT2D eigenvalue weighted by Crippen LogP contribution is -2.25. The first-order chi connectivity index (χ1) is 9.97. The van der Waals surface area contributed by atoms with Gasteiger partial charge in [0, 0.05) is 6.54 Å². The molecule has 21 heavy (non-hydrogen) atoms. The molecule has 112 valence electrons. The smallest absolute Gasteiger partial charge is 0.271 e. The van der Waals surface area contributed by atoms with Crippen LogP contribution in [0.4, 0.5) is 5.69 Å². The van der Waals surface area contributed by atoms with Crippen molar-refractivity contribution in [3.63, 3.8) is 0 Å².